The number of hydrogen-bond donors (Lipinski definition) is 2. The van der Waals surface area contributed by atoms with Crippen molar-refractivity contribution in [2.75, 3.05) is 0 Å². The minimum absolute atomic E-state index is 0.336. The van der Waals surface area contributed by atoms with E-state index in [1.807, 2.05) is 0 Å². The maximum Gasteiger partial charge on any atom is 0.123 e. The molecule has 0 fully saturated rings. The standard InChI is InChI=1S/C19H20F2N2O2/c20-16-10-6-14(7-11-16)18(22-24)4-2-1-3-5-19(23-25)15-8-12-17(21)13-9-15/h6-13,24-25H,1-5H2/b22-18-,23-19+. The Bertz CT molecular complexity index is 663. The first-order chi connectivity index (χ1) is 12.1. The molecular weight excluding hydrogens is 326 g/mol. The summed E-state index contributed by atoms with van der Waals surface area (Å²) in [4.78, 5) is 0. The van der Waals surface area contributed by atoms with Crippen molar-refractivity contribution in [2.45, 2.75) is 32.1 Å². The largest absolute Gasteiger partial charge is 0.411 e. The molecule has 0 aliphatic rings. The van der Waals surface area contributed by atoms with Crippen LogP contribution < -0.4 is 0 Å². The Balaban J connectivity index is 1.78. The highest BCUT2D eigenvalue weighted by Crippen LogP contribution is 2.14. The van der Waals surface area contributed by atoms with E-state index in [9.17, 15) is 8.78 Å². The number of hydrogen-bond acceptors (Lipinski definition) is 4. The van der Waals surface area contributed by atoms with Crippen LogP contribution in [0, 0.1) is 11.6 Å². The number of benzene rings is 2. The third-order valence-electron chi connectivity index (χ3n) is 3.92. The fourth-order valence-electron chi connectivity index (χ4n) is 2.55. The summed E-state index contributed by atoms with van der Waals surface area (Å²) in [5.41, 5.74) is 2.39. The smallest absolute Gasteiger partial charge is 0.123 e. The predicted octanol–water partition coefficient (Wildman–Crippen LogP) is 4.97. The average molecular weight is 346 g/mol. The van der Waals surface area contributed by atoms with Crippen molar-refractivity contribution in [1.29, 1.82) is 0 Å². The summed E-state index contributed by atoms with van der Waals surface area (Å²) in [7, 11) is 0. The van der Waals surface area contributed by atoms with Crippen molar-refractivity contribution in [2.24, 2.45) is 10.3 Å². The first-order valence-corrected chi connectivity index (χ1v) is 8.08. The molecule has 2 aromatic rings. The van der Waals surface area contributed by atoms with E-state index in [0.717, 1.165) is 19.3 Å². The molecule has 0 aromatic heterocycles. The lowest BCUT2D eigenvalue weighted by Crippen LogP contribution is -2.03. The summed E-state index contributed by atoms with van der Waals surface area (Å²) in [6.45, 7) is 0. The molecule has 0 bridgehead atoms. The molecule has 0 radical (unpaired) electrons. The van der Waals surface area contributed by atoms with Crippen molar-refractivity contribution in [3.63, 3.8) is 0 Å². The van der Waals surface area contributed by atoms with Crippen molar-refractivity contribution < 1.29 is 19.2 Å². The maximum atomic E-state index is 12.9. The highest BCUT2D eigenvalue weighted by atomic mass is 19.1. The molecule has 0 saturated carbocycles. The normalized spacial score (nSPS) is 12.4. The van der Waals surface area contributed by atoms with Crippen LogP contribution in [-0.4, -0.2) is 21.8 Å². The van der Waals surface area contributed by atoms with Gasteiger partial charge in [-0.05, 0) is 61.1 Å². The molecular formula is C19H20F2N2O2. The van der Waals surface area contributed by atoms with E-state index in [4.69, 9.17) is 10.4 Å². The van der Waals surface area contributed by atoms with Gasteiger partial charge in [-0.25, -0.2) is 8.78 Å². The summed E-state index contributed by atoms with van der Waals surface area (Å²) >= 11 is 0. The van der Waals surface area contributed by atoms with E-state index in [2.05, 4.69) is 10.3 Å². The van der Waals surface area contributed by atoms with E-state index >= 15 is 0 Å². The molecule has 0 spiro atoms. The SMILES string of the molecule is O/N=C(/CCCCC/C(=N\O)c1ccc(F)cc1)c1ccc(F)cc1. The average Bonchev–Trinajstić information content (AvgIpc) is 2.63. The second-order valence-electron chi connectivity index (χ2n) is 5.67. The minimum atomic E-state index is -0.336. The predicted molar refractivity (Wildman–Crippen MR) is 92.5 cm³/mol. The Labute approximate surface area is 145 Å². The molecule has 0 atom stereocenters. The number of oxime groups is 2. The van der Waals surface area contributed by atoms with Gasteiger partial charge in [-0.15, -0.1) is 0 Å². The van der Waals surface area contributed by atoms with Crippen LogP contribution >= 0.6 is 0 Å². The first-order valence-electron chi connectivity index (χ1n) is 8.08. The summed E-state index contributed by atoms with van der Waals surface area (Å²) in [6, 6.07) is 11.6. The number of unbranched alkanes of at least 4 members (excludes halogenated alkanes) is 2. The van der Waals surface area contributed by atoms with E-state index in [1.54, 1.807) is 24.3 Å². The van der Waals surface area contributed by atoms with E-state index in [0.29, 0.717) is 35.4 Å². The van der Waals surface area contributed by atoms with E-state index < -0.39 is 0 Å². The topological polar surface area (TPSA) is 65.2 Å². The Morgan fingerprint density at radius 1 is 0.640 bits per heavy atom. The minimum Gasteiger partial charge on any atom is -0.411 e. The van der Waals surface area contributed by atoms with Gasteiger partial charge < -0.3 is 10.4 Å². The molecule has 2 N–H and O–H groups in total. The molecule has 0 amide bonds. The van der Waals surface area contributed by atoms with Crippen LogP contribution in [0.3, 0.4) is 0 Å². The Morgan fingerprint density at radius 3 is 1.32 bits per heavy atom. The Kier molecular flexibility index (Phi) is 7.07. The van der Waals surface area contributed by atoms with E-state index in [1.165, 1.54) is 24.3 Å². The molecule has 2 rings (SSSR count). The lowest BCUT2D eigenvalue weighted by molar-refractivity contribution is 0.317. The molecule has 0 unspecified atom stereocenters. The van der Waals surface area contributed by atoms with Crippen LogP contribution in [0.25, 0.3) is 0 Å². The number of rotatable bonds is 8. The van der Waals surface area contributed by atoms with Crippen LogP contribution in [0.2, 0.25) is 0 Å². The van der Waals surface area contributed by atoms with Crippen LogP contribution in [0.5, 0.6) is 0 Å². The fourth-order valence-corrected chi connectivity index (χ4v) is 2.55. The van der Waals surface area contributed by atoms with Gasteiger partial charge in [0.25, 0.3) is 0 Å². The zero-order chi connectivity index (χ0) is 18.1. The lowest BCUT2D eigenvalue weighted by Gasteiger charge is -2.06. The second kappa shape index (κ2) is 9.52. The molecule has 0 saturated heterocycles. The number of halogens is 2. The molecule has 4 nitrogen and oxygen atoms in total. The quantitative estimate of drug-likeness (QED) is 0.307. The monoisotopic (exact) mass is 346 g/mol. The van der Waals surface area contributed by atoms with Crippen LogP contribution in [0.4, 0.5) is 8.78 Å². The van der Waals surface area contributed by atoms with Gasteiger partial charge in [0.2, 0.25) is 0 Å². The van der Waals surface area contributed by atoms with Crippen molar-refractivity contribution >= 4 is 11.4 Å². The van der Waals surface area contributed by atoms with Crippen LogP contribution in [0.1, 0.15) is 43.2 Å². The van der Waals surface area contributed by atoms with Gasteiger partial charge in [-0.3, -0.25) is 0 Å². The summed E-state index contributed by atoms with van der Waals surface area (Å²) < 4.78 is 25.8. The molecule has 132 valence electrons. The third-order valence-corrected chi connectivity index (χ3v) is 3.92. The van der Waals surface area contributed by atoms with Gasteiger partial charge in [0.1, 0.15) is 11.6 Å². The molecule has 2 aromatic carbocycles. The Hall–Kier alpha value is -2.76. The van der Waals surface area contributed by atoms with E-state index in [-0.39, 0.29) is 11.6 Å². The third kappa shape index (κ3) is 5.67. The van der Waals surface area contributed by atoms with Crippen LogP contribution in [-0.2, 0) is 0 Å². The molecule has 25 heavy (non-hydrogen) atoms. The van der Waals surface area contributed by atoms with Crippen LogP contribution in [0.15, 0.2) is 58.8 Å². The summed E-state index contributed by atoms with van der Waals surface area (Å²) in [5, 5.41) is 24.8. The lowest BCUT2D eigenvalue weighted by atomic mass is 10.0. The highest BCUT2D eigenvalue weighted by Gasteiger charge is 2.07. The van der Waals surface area contributed by atoms with Gasteiger partial charge in [0.05, 0.1) is 11.4 Å². The highest BCUT2D eigenvalue weighted by molar-refractivity contribution is 6.00. The van der Waals surface area contributed by atoms with Crippen molar-refractivity contribution in [3.8, 4) is 0 Å². The summed E-state index contributed by atoms with van der Waals surface area (Å²) in [6.07, 6.45) is 3.51. The molecule has 6 heteroatoms. The molecule has 0 aliphatic heterocycles. The van der Waals surface area contributed by atoms with Gasteiger partial charge >= 0.3 is 0 Å². The maximum absolute atomic E-state index is 12.9. The second-order valence-corrected chi connectivity index (χ2v) is 5.67. The van der Waals surface area contributed by atoms with Gasteiger partial charge in [-0.2, -0.15) is 0 Å². The fraction of sp³-hybridized carbons (Fsp3) is 0.263. The van der Waals surface area contributed by atoms with Gasteiger partial charge in [-0.1, -0.05) is 41.0 Å². The van der Waals surface area contributed by atoms with Gasteiger partial charge in [0.15, 0.2) is 0 Å². The zero-order valence-electron chi connectivity index (χ0n) is 13.7. The molecule has 0 aliphatic carbocycles. The Morgan fingerprint density at radius 2 is 1.00 bits per heavy atom. The zero-order valence-corrected chi connectivity index (χ0v) is 13.7. The summed E-state index contributed by atoms with van der Waals surface area (Å²) in [5.74, 6) is -0.671. The van der Waals surface area contributed by atoms with Gasteiger partial charge in [0, 0.05) is 0 Å². The van der Waals surface area contributed by atoms with Crippen molar-refractivity contribution in [1.82, 2.24) is 0 Å². The number of nitrogens with zero attached hydrogens (tertiary/aromatic N) is 2. The van der Waals surface area contributed by atoms with Crippen molar-refractivity contribution in [3.05, 3.63) is 71.3 Å². The first kappa shape index (κ1) is 18.6. The molecule has 0 heterocycles.